The van der Waals surface area contributed by atoms with E-state index >= 15 is 0 Å². The molecule has 64 valence electrons. The van der Waals surface area contributed by atoms with Crippen molar-refractivity contribution < 1.29 is 0 Å². The van der Waals surface area contributed by atoms with Crippen LogP contribution in [0.4, 0.5) is 5.69 Å². The molecule has 0 atom stereocenters. The molecule has 1 aromatic carbocycles. The lowest BCUT2D eigenvalue weighted by atomic mass is 10.1. The molecule has 0 aromatic heterocycles. The summed E-state index contributed by atoms with van der Waals surface area (Å²) in [7, 11) is 1.88. The van der Waals surface area contributed by atoms with Crippen LogP contribution in [0.25, 0.3) is 0 Å². The number of para-hydroxylation sites is 1. The van der Waals surface area contributed by atoms with Gasteiger partial charge in [0.15, 0.2) is 0 Å². The number of nitrogens with one attached hydrogen (secondary N) is 2. The van der Waals surface area contributed by atoms with E-state index in [1.54, 1.807) is 6.92 Å². The van der Waals surface area contributed by atoms with Gasteiger partial charge in [-0.3, -0.25) is 0 Å². The van der Waals surface area contributed by atoms with Crippen LogP contribution < -0.4 is 5.32 Å². The Labute approximate surface area is 86.0 Å². The van der Waals surface area contributed by atoms with Crippen LogP contribution >= 0.6 is 22.6 Å². The van der Waals surface area contributed by atoms with Gasteiger partial charge in [-0.25, -0.2) is 0 Å². The minimum absolute atomic E-state index is 0.595. The van der Waals surface area contributed by atoms with Crippen molar-refractivity contribution in [1.29, 1.82) is 5.41 Å². The molecule has 0 aliphatic rings. The number of halogens is 1. The lowest BCUT2D eigenvalue weighted by Gasteiger charge is -2.09. The Kier molecular flexibility index (Phi) is 3.08. The summed E-state index contributed by atoms with van der Waals surface area (Å²) in [5.74, 6) is 0. The van der Waals surface area contributed by atoms with Crippen molar-refractivity contribution in [2.75, 3.05) is 12.4 Å². The van der Waals surface area contributed by atoms with Crippen LogP contribution in [0.5, 0.6) is 0 Å². The SMILES string of the molecule is CNc1c(I)cccc1C(C)=N. The summed E-state index contributed by atoms with van der Waals surface area (Å²) in [6.07, 6.45) is 0. The molecule has 0 saturated heterocycles. The quantitative estimate of drug-likeness (QED) is 0.631. The molecule has 0 radical (unpaired) electrons. The molecule has 2 N–H and O–H groups in total. The minimum atomic E-state index is 0.595. The molecule has 12 heavy (non-hydrogen) atoms. The largest absolute Gasteiger partial charge is 0.387 e. The molecule has 0 spiro atoms. The molecule has 0 saturated carbocycles. The summed E-state index contributed by atoms with van der Waals surface area (Å²) in [4.78, 5) is 0. The van der Waals surface area contributed by atoms with Gasteiger partial charge in [-0.15, -0.1) is 0 Å². The Morgan fingerprint density at radius 1 is 1.50 bits per heavy atom. The molecule has 2 nitrogen and oxygen atoms in total. The second-order valence-electron chi connectivity index (χ2n) is 2.54. The van der Waals surface area contributed by atoms with E-state index in [9.17, 15) is 0 Å². The van der Waals surface area contributed by atoms with Gasteiger partial charge in [0.2, 0.25) is 0 Å². The highest BCUT2D eigenvalue weighted by molar-refractivity contribution is 14.1. The Balaban J connectivity index is 3.27. The normalized spacial score (nSPS) is 9.58. The van der Waals surface area contributed by atoms with E-state index in [0.717, 1.165) is 14.8 Å². The fourth-order valence-corrected chi connectivity index (χ4v) is 1.86. The average molecular weight is 274 g/mol. The van der Waals surface area contributed by atoms with Crippen molar-refractivity contribution in [1.82, 2.24) is 0 Å². The van der Waals surface area contributed by atoms with Crippen LogP contribution in [0.1, 0.15) is 12.5 Å². The van der Waals surface area contributed by atoms with Crippen molar-refractivity contribution in [2.24, 2.45) is 0 Å². The van der Waals surface area contributed by atoms with E-state index in [0.29, 0.717) is 5.71 Å². The Morgan fingerprint density at radius 2 is 2.17 bits per heavy atom. The third kappa shape index (κ3) is 1.77. The maximum atomic E-state index is 7.53. The third-order valence-corrected chi connectivity index (χ3v) is 2.57. The van der Waals surface area contributed by atoms with Gasteiger partial charge < -0.3 is 10.7 Å². The van der Waals surface area contributed by atoms with E-state index in [2.05, 4.69) is 27.9 Å². The summed E-state index contributed by atoms with van der Waals surface area (Å²) in [5.41, 5.74) is 2.62. The lowest BCUT2D eigenvalue weighted by Crippen LogP contribution is -2.01. The van der Waals surface area contributed by atoms with Gasteiger partial charge in [0.1, 0.15) is 0 Å². The molecular formula is C9H11IN2. The Morgan fingerprint density at radius 3 is 2.58 bits per heavy atom. The second-order valence-corrected chi connectivity index (χ2v) is 3.70. The first-order valence-corrected chi connectivity index (χ1v) is 4.76. The molecule has 0 amide bonds. The predicted molar refractivity (Wildman–Crippen MR) is 61.2 cm³/mol. The van der Waals surface area contributed by atoms with Crippen molar-refractivity contribution >= 4 is 34.0 Å². The van der Waals surface area contributed by atoms with E-state index in [4.69, 9.17) is 5.41 Å². The van der Waals surface area contributed by atoms with Crippen LogP contribution in [0.2, 0.25) is 0 Å². The first-order chi connectivity index (χ1) is 5.66. The molecule has 0 fully saturated rings. The highest BCUT2D eigenvalue weighted by Crippen LogP contribution is 2.22. The lowest BCUT2D eigenvalue weighted by molar-refractivity contribution is 1.41. The number of anilines is 1. The smallest absolute Gasteiger partial charge is 0.0564 e. The molecule has 0 unspecified atom stereocenters. The first kappa shape index (κ1) is 9.51. The molecule has 1 aromatic rings. The fourth-order valence-electron chi connectivity index (χ4n) is 1.09. The maximum Gasteiger partial charge on any atom is 0.0564 e. The van der Waals surface area contributed by atoms with E-state index in [-0.39, 0.29) is 0 Å². The molecule has 0 heterocycles. The van der Waals surface area contributed by atoms with Crippen molar-refractivity contribution in [3.63, 3.8) is 0 Å². The van der Waals surface area contributed by atoms with Gasteiger partial charge >= 0.3 is 0 Å². The summed E-state index contributed by atoms with van der Waals surface area (Å²) in [6, 6.07) is 5.95. The van der Waals surface area contributed by atoms with E-state index in [1.807, 2.05) is 25.2 Å². The zero-order valence-electron chi connectivity index (χ0n) is 7.11. The second kappa shape index (κ2) is 3.89. The predicted octanol–water partition coefficient (Wildman–Crippen LogP) is 2.72. The molecule has 0 aliphatic carbocycles. The highest BCUT2D eigenvalue weighted by Gasteiger charge is 2.05. The fraction of sp³-hybridized carbons (Fsp3) is 0.222. The topological polar surface area (TPSA) is 35.9 Å². The van der Waals surface area contributed by atoms with Gasteiger partial charge in [-0.2, -0.15) is 0 Å². The summed E-state index contributed by atoms with van der Waals surface area (Å²) in [5, 5.41) is 10.6. The highest BCUT2D eigenvalue weighted by atomic mass is 127. The number of hydrogen-bond donors (Lipinski definition) is 2. The van der Waals surface area contributed by atoms with Gasteiger partial charge in [-0.05, 0) is 35.6 Å². The first-order valence-electron chi connectivity index (χ1n) is 3.68. The number of benzene rings is 1. The molecule has 0 aliphatic heterocycles. The van der Waals surface area contributed by atoms with Crippen molar-refractivity contribution in [2.45, 2.75) is 6.92 Å². The average Bonchev–Trinajstić information content (AvgIpc) is 2.03. The van der Waals surface area contributed by atoms with Gasteiger partial charge in [0.25, 0.3) is 0 Å². The van der Waals surface area contributed by atoms with E-state index in [1.165, 1.54) is 0 Å². The van der Waals surface area contributed by atoms with Crippen LogP contribution in [0.15, 0.2) is 18.2 Å². The van der Waals surface area contributed by atoms with Crippen LogP contribution in [0, 0.1) is 8.98 Å². The Hall–Kier alpha value is -0.580. The van der Waals surface area contributed by atoms with Gasteiger partial charge in [0, 0.05) is 21.9 Å². The molecule has 0 bridgehead atoms. The van der Waals surface area contributed by atoms with Crippen LogP contribution in [0.3, 0.4) is 0 Å². The van der Waals surface area contributed by atoms with Gasteiger partial charge in [0.05, 0.1) is 5.69 Å². The van der Waals surface area contributed by atoms with Crippen LogP contribution in [-0.4, -0.2) is 12.8 Å². The zero-order chi connectivity index (χ0) is 9.14. The summed E-state index contributed by atoms with van der Waals surface area (Å²) >= 11 is 2.26. The number of rotatable bonds is 2. The zero-order valence-corrected chi connectivity index (χ0v) is 9.27. The summed E-state index contributed by atoms with van der Waals surface area (Å²) in [6.45, 7) is 1.80. The summed E-state index contributed by atoms with van der Waals surface area (Å²) < 4.78 is 1.15. The Bertz CT molecular complexity index is 307. The third-order valence-electron chi connectivity index (χ3n) is 1.67. The number of hydrogen-bond acceptors (Lipinski definition) is 2. The molecule has 1 rings (SSSR count). The maximum absolute atomic E-state index is 7.53. The van der Waals surface area contributed by atoms with E-state index < -0.39 is 0 Å². The monoisotopic (exact) mass is 274 g/mol. The van der Waals surface area contributed by atoms with Crippen LogP contribution in [-0.2, 0) is 0 Å². The van der Waals surface area contributed by atoms with Crippen molar-refractivity contribution in [3.8, 4) is 0 Å². The minimum Gasteiger partial charge on any atom is -0.387 e. The molecular weight excluding hydrogens is 263 g/mol. The van der Waals surface area contributed by atoms with Crippen molar-refractivity contribution in [3.05, 3.63) is 27.3 Å². The van der Waals surface area contributed by atoms with Gasteiger partial charge in [-0.1, -0.05) is 12.1 Å². The molecule has 3 heteroatoms. The standard InChI is InChI=1S/C9H11IN2/c1-6(11)7-4-3-5-8(10)9(7)12-2/h3-5,11-12H,1-2H3.